The maximum absolute atomic E-state index is 13.5. The Balaban J connectivity index is 1.51. The highest BCUT2D eigenvalue weighted by Crippen LogP contribution is 2.35. The van der Waals surface area contributed by atoms with Gasteiger partial charge >= 0.3 is 0 Å². The zero-order chi connectivity index (χ0) is 16.2. The fourth-order valence-electron chi connectivity index (χ4n) is 3.84. The zero-order valence-electron chi connectivity index (χ0n) is 13.3. The van der Waals surface area contributed by atoms with Crippen molar-refractivity contribution in [2.45, 2.75) is 32.1 Å². The molecule has 5 heteroatoms. The first-order chi connectivity index (χ1) is 11.1. The van der Waals surface area contributed by atoms with Crippen molar-refractivity contribution in [1.82, 2.24) is 10.2 Å². The molecule has 3 rings (SSSR count). The number of fused-ring (bicyclic) bond motifs is 1. The Labute approximate surface area is 136 Å². The summed E-state index contributed by atoms with van der Waals surface area (Å²) in [6.07, 6.45) is 6.13. The summed E-state index contributed by atoms with van der Waals surface area (Å²) in [6.45, 7) is 1.51. The van der Waals surface area contributed by atoms with E-state index in [9.17, 15) is 14.0 Å². The summed E-state index contributed by atoms with van der Waals surface area (Å²) in [4.78, 5) is 26.1. The SMILES string of the molecule is O=C(NCC(=O)N1CC[C@@H]2CCCC[C@@H]2C1)c1ccccc1F. The van der Waals surface area contributed by atoms with Crippen LogP contribution in [0.2, 0.25) is 0 Å². The van der Waals surface area contributed by atoms with Gasteiger partial charge in [-0.2, -0.15) is 0 Å². The molecule has 1 aromatic carbocycles. The van der Waals surface area contributed by atoms with E-state index in [1.807, 2.05) is 4.90 Å². The van der Waals surface area contributed by atoms with E-state index in [0.717, 1.165) is 25.4 Å². The van der Waals surface area contributed by atoms with Gasteiger partial charge in [0.1, 0.15) is 5.82 Å². The van der Waals surface area contributed by atoms with Crippen molar-refractivity contribution >= 4 is 11.8 Å². The number of carbonyl (C=O) groups is 2. The fourth-order valence-corrected chi connectivity index (χ4v) is 3.84. The minimum Gasteiger partial charge on any atom is -0.343 e. The van der Waals surface area contributed by atoms with E-state index < -0.39 is 11.7 Å². The van der Waals surface area contributed by atoms with Gasteiger partial charge in [0.15, 0.2) is 0 Å². The lowest BCUT2D eigenvalue weighted by atomic mass is 9.75. The minimum atomic E-state index is -0.569. The van der Waals surface area contributed by atoms with E-state index in [0.29, 0.717) is 5.92 Å². The number of nitrogens with one attached hydrogen (secondary N) is 1. The molecule has 0 unspecified atom stereocenters. The molecule has 0 bridgehead atoms. The number of amides is 2. The van der Waals surface area contributed by atoms with Crippen molar-refractivity contribution in [2.24, 2.45) is 11.8 Å². The summed E-state index contributed by atoms with van der Waals surface area (Å²) >= 11 is 0. The van der Waals surface area contributed by atoms with Crippen LogP contribution >= 0.6 is 0 Å². The van der Waals surface area contributed by atoms with Crippen molar-refractivity contribution in [3.8, 4) is 0 Å². The maximum atomic E-state index is 13.5. The predicted molar refractivity (Wildman–Crippen MR) is 85.4 cm³/mol. The highest BCUT2D eigenvalue weighted by Gasteiger charge is 2.32. The Hall–Kier alpha value is -1.91. The minimum absolute atomic E-state index is 0.0220. The van der Waals surface area contributed by atoms with Crippen molar-refractivity contribution in [3.05, 3.63) is 35.6 Å². The van der Waals surface area contributed by atoms with E-state index in [4.69, 9.17) is 0 Å². The Morgan fingerprint density at radius 3 is 2.65 bits per heavy atom. The van der Waals surface area contributed by atoms with Crippen molar-refractivity contribution < 1.29 is 14.0 Å². The van der Waals surface area contributed by atoms with Crippen LogP contribution in [0.1, 0.15) is 42.5 Å². The predicted octanol–water partition coefficient (Wildman–Crippen LogP) is 2.59. The summed E-state index contributed by atoms with van der Waals surface area (Å²) in [6, 6.07) is 5.80. The Morgan fingerprint density at radius 2 is 1.87 bits per heavy atom. The second-order valence-electron chi connectivity index (χ2n) is 6.60. The third-order valence-corrected chi connectivity index (χ3v) is 5.16. The molecule has 0 aromatic heterocycles. The monoisotopic (exact) mass is 318 g/mol. The van der Waals surface area contributed by atoms with Gasteiger partial charge < -0.3 is 10.2 Å². The van der Waals surface area contributed by atoms with Crippen LogP contribution in [0, 0.1) is 17.7 Å². The zero-order valence-corrected chi connectivity index (χ0v) is 13.3. The number of likely N-dealkylation sites (tertiary alicyclic amines) is 1. The first-order valence-electron chi connectivity index (χ1n) is 8.45. The van der Waals surface area contributed by atoms with Gasteiger partial charge in [-0.3, -0.25) is 9.59 Å². The molecule has 2 fully saturated rings. The normalized spacial score (nSPS) is 24.0. The molecule has 2 atom stereocenters. The van der Waals surface area contributed by atoms with Crippen molar-refractivity contribution in [1.29, 1.82) is 0 Å². The molecule has 1 heterocycles. The molecular weight excluding hydrogens is 295 g/mol. The highest BCUT2D eigenvalue weighted by atomic mass is 19.1. The standard InChI is InChI=1S/C18H23FN2O2/c19-16-8-4-3-7-15(16)18(23)20-11-17(22)21-10-9-13-5-1-2-6-14(13)12-21/h3-4,7-8,13-14H,1-2,5-6,9-12H2,(H,20,23)/t13-,14+/m0/s1. The summed E-state index contributed by atoms with van der Waals surface area (Å²) < 4.78 is 13.5. The molecule has 1 saturated heterocycles. The van der Waals surface area contributed by atoms with Gasteiger partial charge in [-0.25, -0.2) is 4.39 Å². The summed E-state index contributed by atoms with van der Waals surface area (Å²) in [7, 11) is 0. The lowest BCUT2D eigenvalue weighted by Crippen LogP contribution is -2.48. The molecule has 1 aliphatic heterocycles. The van der Waals surface area contributed by atoms with E-state index in [1.54, 1.807) is 6.07 Å². The molecule has 1 aromatic rings. The van der Waals surface area contributed by atoms with Gasteiger partial charge in [0, 0.05) is 13.1 Å². The maximum Gasteiger partial charge on any atom is 0.254 e. The van der Waals surface area contributed by atoms with Gasteiger partial charge in [-0.1, -0.05) is 31.4 Å². The molecule has 124 valence electrons. The van der Waals surface area contributed by atoms with Gasteiger partial charge in [0.05, 0.1) is 12.1 Å². The van der Waals surface area contributed by atoms with Crippen LogP contribution in [0.4, 0.5) is 4.39 Å². The number of halogens is 1. The average molecular weight is 318 g/mol. The summed E-state index contributed by atoms with van der Waals surface area (Å²) in [5.74, 6) is 0.202. The van der Waals surface area contributed by atoms with E-state index in [-0.39, 0.29) is 18.0 Å². The molecule has 0 radical (unpaired) electrons. The van der Waals surface area contributed by atoms with E-state index in [2.05, 4.69) is 5.32 Å². The second-order valence-corrected chi connectivity index (χ2v) is 6.60. The first-order valence-corrected chi connectivity index (χ1v) is 8.45. The third kappa shape index (κ3) is 3.71. The lowest BCUT2D eigenvalue weighted by Gasteiger charge is -2.41. The topological polar surface area (TPSA) is 49.4 Å². The number of nitrogens with zero attached hydrogens (tertiary/aromatic N) is 1. The van der Waals surface area contributed by atoms with Crippen LogP contribution in [0.25, 0.3) is 0 Å². The second kappa shape index (κ2) is 7.11. The number of hydrogen-bond donors (Lipinski definition) is 1. The molecule has 1 N–H and O–H groups in total. The Morgan fingerprint density at radius 1 is 1.13 bits per heavy atom. The number of rotatable bonds is 3. The number of piperidine rings is 1. The summed E-state index contributed by atoms with van der Waals surface area (Å²) in [5.41, 5.74) is -0.0220. The van der Waals surface area contributed by atoms with Crippen LogP contribution in [-0.2, 0) is 4.79 Å². The van der Waals surface area contributed by atoms with Crippen LogP contribution < -0.4 is 5.32 Å². The highest BCUT2D eigenvalue weighted by molar-refractivity contribution is 5.96. The Bertz CT molecular complexity index is 590. The van der Waals surface area contributed by atoms with Crippen molar-refractivity contribution in [3.63, 3.8) is 0 Å². The smallest absolute Gasteiger partial charge is 0.254 e. The third-order valence-electron chi connectivity index (χ3n) is 5.16. The van der Waals surface area contributed by atoms with Crippen molar-refractivity contribution in [2.75, 3.05) is 19.6 Å². The van der Waals surface area contributed by atoms with Gasteiger partial charge in [0.2, 0.25) is 5.91 Å². The molecule has 2 aliphatic rings. The lowest BCUT2D eigenvalue weighted by molar-refractivity contribution is -0.133. The van der Waals surface area contributed by atoms with Gasteiger partial charge in [0.25, 0.3) is 5.91 Å². The first kappa shape index (κ1) is 16.0. The molecule has 1 saturated carbocycles. The number of benzene rings is 1. The van der Waals surface area contributed by atoms with Crippen LogP contribution in [0.5, 0.6) is 0 Å². The molecular formula is C18H23FN2O2. The number of hydrogen-bond acceptors (Lipinski definition) is 2. The molecule has 23 heavy (non-hydrogen) atoms. The molecule has 2 amide bonds. The van der Waals surface area contributed by atoms with Gasteiger partial charge in [-0.05, 0) is 36.8 Å². The fraction of sp³-hybridized carbons (Fsp3) is 0.556. The van der Waals surface area contributed by atoms with Crippen LogP contribution in [0.15, 0.2) is 24.3 Å². The molecule has 0 spiro atoms. The number of carbonyl (C=O) groups excluding carboxylic acids is 2. The van der Waals surface area contributed by atoms with E-state index >= 15 is 0 Å². The van der Waals surface area contributed by atoms with Crippen LogP contribution in [0.3, 0.4) is 0 Å². The average Bonchev–Trinajstić information content (AvgIpc) is 2.59. The Kier molecular flexibility index (Phi) is 4.94. The molecule has 1 aliphatic carbocycles. The quantitative estimate of drug-likeness (QED) is 0.931. The summed E-state index contributed by atoms with van der Waals surface area (Å²) in [5, 5.41) is 2.54. The van der Waals surface area contributed by atoms with Gasteiger partial charge in [-0.15, -0.1) is 0 Å². The largest absolute Gasteiger partial charge is 0.343 e. The van der Waals surface area contributed by atoms with E-state index in [1.165, 1.54) is 43.9 Å². The van der Waals surface area contributed by atoms with Crippen LogP contribution in [-0.4, -0.2) is 36.3 Å². The molecule has 4 nitrogen and oxygen atoms in total.